The zero-order valence-corrected chi connectivity index (χ0v) is 14.7. The maximum absolute atomic E-state index is 6.17. The first-order valence-corrected chi connectivity index (χ1v) is 8.71. The van der Waals surface area contributed by atoms with E-state index in [4.69, 9.17) is 11.6 Å². The third kappa shape index (κ3) is 2.63. The van der Waals surface area contributed by atoms with E-state index in [1.165, 1.54) is 12.8 Å². The van der Waals surface area contributed by atoms with E-state index >= 15 is 0 Å². The van der Waals surface area contributed by atoms with Crippen LogP contribution in [-0.2, 0) is 0 Å². The highest BCUT2D eigenvalue weighted by Crippen LogP contribution is 2.29. The first-order chi connectivity index (χ1) is 11.6. The number of aryl methyl sites for hydroxylation is 1. The molecule has 1 aliphatic rings. The van der Waals surface area contributed by atoms with E-state index in [1.807, 2.05) is 36.0 Å². The summed E-state index contributed by atoms with van der Waals surface area (Å²) in [5, 5.41) is 6.26. The second-order valence-corrected chi connectivity index (χ2v) is 7.05. The number of rotatable bonds is 2. The lowest BCUT2D eigenvalue weighted by molar-refractivity contribution is 0.445. The Morgan fingerprint density at radius 3 is 2.96 bits per heavy atom. The van der Waals surface area contributed by atoms with Crippen LogP contribution >= 0.6 is 11.6 Å². The van der Waals surface area contributed by atoms with Gasteiger partial charge in [0.2, 0.25) is 0 Å². The van der Waals surface area contributed by atoms with E-state index < -0.39 is 0 Å². The highest BCUT2D eigenvalue weighted by molar-refractivity contribution is 6.30. The van der Waals surface area contributed by atoms with Gasteiger partial charge < -0.3 is 4.90 Å². The fourth-order valence-corrected chi connectivity index (χ4v) is 3.62. The van der Waals surface area contributed by atoms with E-state index in [1.54, 1.807) is 6.33 Å². The topological polar surface area (TPSA) is 46.8 Å². The number of piperidine rings is 1. The van der Waals surface area contributed by atoms with E-state index in [0.29, 0.717) is 10.9 Å². The lowest BCUT2D eigenvalue weighted by atomic mass is 10.0. The summed E-state index contributed by atoms with van der Waals surface area (Å²) in [4.78, 5) is 11.4. The molecule has 124 valence electrons. The van der Waals surface area contributed by atoms with Gasteiger partial charge in [0.25, 0.3) is 0 Å². The zero-order chi connectivity index (χ0) is 16.7. The molecule has 6 heteroatoms. The van der Waals surface area contributed by atoms with Gasteiger partial charge in [0.05, 0.1) is 17.3 Å². The maximum atomic E-state index is 6.17. The fourth-order valence-electron chi connectivity index (χ4n) is 3.45. The van der Waals surface area contributed by atoms with Gasteiger partial charge in [0.1, 0.15) is 12.1 Å². The standard InChI is InChI=1S/C18H20ClN5/c1-12-4-3-7-23(10-12)17-15-9-22-24(18(15)21-11-20-17)16-8-14(19)6-5-13(16)2/h5-6,8-9,11-12H,3-4,7,10H2,1-2H3. The molecule has 1 aliphatic heterocycles. The number of fused-ring (bicyclic) bond motifs is 1. The normalized spacial score (nSPS) is 18.3. The number of nitrogens with zero attached hydrogens (tertiary/aromatic N) is 5. The van der Waals surface area contributed by atoms with Gasteiger partial charge in [0, 0.05) is 18.1 Å². The number of benzene rings is 1. The summed E-state index contributed by atoms with van der Waals surface area (Å²) >= 11 is 6.17. The Balaban J connectivity index is 1.83. The molecule has 1 unspecified atom stereocenters. The minimum absolute atomic E-state index is 0.689. The van der Waals surface area contributed by atoms with Crippen molar-refractivity contribution >= 4 is 28.5 Å². The number of halogens is 1. The molecular weight excluding hydrogens is 322 g/mol. The third-order valence-electron chi connectivity index (χ3n) is 4.70. The van der Waals surface area contributed by atoms with Crippen LogP contribution in [0.4, 0.5) is 5.82 Å². The lowest BCUT2D eigenvalue weighted by Crippen LogP contribution is -2.34. The van der Waals surface area contributed by atoms with Gasteiger partial charge in [-0.25, -0.2) is 14.6 Å². The average Bonchev–Trinajstić information content (AvgIpc) is 3.01. The Kier molecular flexibility index (Phi) is 3.88. The smallest absolute Gasteiger partial charge is 0.168 e. The van der Waals surface area contributed by atoms with Gasteiger partial charge in [-0.15, -0.1) is 0 Å². The van der Waals surface area contributed by atoms with Crippen LogP contribution in [0.2, 0.25) is 5.02 Å². The van der Waals surface area contributed by atoms with E-state index in [9.17, 15) is 0 Å². The summed E-state index contributed by atoms with van der Waals surface area (Å²) in [6, 6.07) is 5.81. The molecule has 24 heavy (non-hydrogen) atoms. The van der Waals surface area contributed by atoms with Gasteiger partial charge in [-0.1, -0.05) is 24.6 Å². The van der Waals surface area contributed by atoms with Crippen molar-refractivity contribution in [2.45, 2.75) is 26.7 Å². The number of anilines is 1. The van der Waals surface area contributed by atoms with E-state index in [-0.39, 0.29) is 0 Å². The van der Waals surface area contributed by atoms with Gasteiger partial charge in [-0.05, 0) is 43.4 Å². The quantitative estimate of drug-likeness (QED) is 0.706. The molecule has 0 radical (unpaired) electrons. The van der Waals surface area contributed by atoms with Crippen molar-refractivity contribution < 1.29 is 0 Å². The molecule has 1 aromatic carbocycles. The third-order valence-corrected chi connectivity index (χ3v) is 4.94. The Morgan fingerprint density at radius 2 is 2.12 bits per heavy atom. The molecule has 0 aliphatic carbocycles. The molecule has 0 amide bonds. The van der Waals surface area contributed by atoms with Gasteiger partial charge in [-0.2, -0.15) is 5.10 Å². The highest BCUT2D eigenvalue weighted by atomic mass is 35.5. The Bertz CT molecular complexity index is 888. The first-order valence-electron chi connectivity index (χ1n) is 8.33. The maximum Gasteiger partial charge on any atom is 0.168 e. The molecular formula is C18H20ClN5. The summed E-state index contributed by atoms with van der Waals surface area (Å²) in [5.74, 6) is 1.67. The van der Waals surface area contributed by atoms with Crippen molar-refractivity contribution in [2.24, 2.45) is 5.92 Å². The number of aromatic nitrogens is 4. The van der Waals surface area contributed by atoms with Gasteiger partial charge in [0.15, 0.2) is 5.65 Å². The molecule has 3 heterocycles. The molecule has 0 N–H and O–H groups in total. The average molecular weight is 342 g/mol. The molecule has 0 bridgehead atoms. The zero-order valence-electron chi connectivity index (χ0n) is 13.9. The summed E-state index contributed by atoms with van der Waals surface area (Å²) in [5.41, 5.74) is 2.88. The second-order valence-electron chi connectivity index (χ2n) is 6.62. The van der Waals surface area contributed by atoms with Crippen molar-refractivity contribution in [3.63, 3.8) is 0 Å². The fraction of sp³-hybridized carbons (Fsp3) is 0.389. The van der Waals surface area contributed by atoms with Crippen LogP contribution in [0.15, 0.2) is 30.7 Å². The van der Waals surface area contributed by atoms with Crippen molar-refractivity contribution in [3.05, 3.63) is 41.3 Å². The Labute approximate surface area is 146 Å². The summed E-state index contributed by atoms with van der Waals surface area (Å²) < 4.78 is 1.86. The minimum atomic E-state index is 0.689. The Morgan fingerprint density at radius 1 is 1.25 bits per heavy atom. The molecule has 5 nitrogen and oxygen atoms in total. The van der Waals surface area contributed by atoms with Crippen LogP contribution in [-0.4, -0.2) is 32.8 Å². The monoisotopic (exact) mass is 341 g/mol. The van der Waals surface area contributed by atoms with Crippen molar-refractivity contribution in [1.29, 1.82) is 0 Å². The van der Waals surface area contributed by atoms with E-state index in [2.05, 4.69) is 26.9 Å². The van der Waals surface area contributed by atoms with Crippen LogP contribution in [0.5, 0.6) is 0 Å². The summed E-state index contributed by atoms with van der Waals surface area (Å²) in [6.45, 7) is 6.42. The van der Waals surface area contributed by atoms with Crippen LogP contribution in [0.3, 0.4) is 0 Å². The van der Waals surface area contributed by atoms with Crippen molar-refractivity contribution in [1.82, 2.24) is 19.7 Å². The molecule has 4 rings (SSSR count). The van der Waals surface area contributed by atoms with Gasteiger partial charge >= 0.3 is 0 Å². The molecule has 0 spiro atoms. The molecule has 1 saturated heterocycles. The predicted octanol–water partition coefficient (Wildman–Crippen LogP) is 4.01. The highest BCUT2D eigenvalue weighted by Gasteiger charge is 2.21. The molecule has 1 atom stereocenters. The molecule has 2 aromatic heterocycles. The number of hydrogen-bond acceptors (Lipinski definition) is 4. The number of hydrogen-bond donors (Lipinski definition) is 0. The van der Waals surface area contributed by atoms with Crippen LogP contribution in [0.25, 0.3) is 16.7 Å². The Hall–Kier alpha value is -2.14. The summed E-state index contributed by atoms with van der Waals surface area (Å²) in [7, 11) is 0. The largest absolute Gasteiger partial charge is 0.356 e. The second kappa shape index (κ2) is 6.06. The first kappa shape index (κ1) is 15.4. The van der Waals surface area contributed by atoms with Crippen LogP contribution in [0, 0.1) is 12.8 Å². The molecule has 0 saturated carbocycles. The van der Waals surface area contributed by atoms with Gasteiger partial charge in [-0.3, -0.25) is 0 Å². The lowest BCUT2D eigenvalue weighted by Gasteiger charge is -2.31. The van der Waals surface area contributed by atoms with Crippen molar-refractivity contribution in [3.8, 4) is 5.69 Å². The minimum Gasteiger partial charge on any atom is -0.356 e. The van der Waals surface area contributed by atoms with Crippen LogP contribution in [0.1, 0.15) is 25.3 Å². The van der Waals surface area contributed by atoms with Crippen molar-refractivity contribution in [2.75, 3.05) is 18.0 Å². The van der Waals surface area contributed by atoms with E-state index in [0.717, 1.165) is 41.2 Å². The van der Waals surface area contributed by atoms with Crippen LogP contribution < -0.4 is 4.90 Å². The summed E-state index contributed by atoms with van der Waals surface area (Å²) in [6.07, 6.45) is 5.99. The molecule has 1 fully saturated rings. The SMILES string of the molecule is Cc1ccc(Cl)cc1-n1ncc2c(N3CCCC(C)C3)ncnc21. The predicted molar refractivity (Wildman–Crippen MR) is 97.0 cm³/mol. The molecule has 3 aromatic rings.